The predicted molar refractivity (Wildman–Crippen MR) is 109 cm³/mol. The van der Waals surface area contributed by atoms with Crippen LogP contribution >= 0.6 is 0 Å². The zero-order valence-corrected chi connectivity index (χ0v) is 16.7. The average Bonchev–Trinajstić information content (AvgIpc) is 2.68. The van der Waals surface area contributed by atoms with Gasteiger partial charge in [-0.25, -0.2) is 4.98 Å². The maximum absolute atomic E-state index is 11.7. The summed E-state index contributed by atoms with van der Waals surface area (Å²) in [6.45, 7) is 2.57. The van der Waals surface area contributed by atoms with Crippen molar-refractivity contribution in [2.75, 3.05) is 31.9 Å². The second-order valence-corrected chi connectivity index (χ2v) is 7.52. The average molecular weight is 382 g/mol. The van der Waals surface area contributed by atoms with Crippen molar-refractivity contribution in [3.63, 3.8) is 0 Å². The van der Waals surface area contributed by atoms with Gasteiger partial charge in [0, 0.05) is 25.2 Å². The van der Waals surface area contributed by atoms with E-state index < -0.39 is 11.2 Å². The van der Waals surface area contributed by atoms with Gasteiger partial charge in [0.2, 0.25) is 5.95 Å². The van der Waals surface area contributed by atoms with E-state index in [2.05, 4.69) is 10.2 Å². The number of benzene rings is 2. The number of ether oxygens (including phenoxy) is 1. The van der Waals surface area contributed by atoms with Crippen LogP contribution in [-0.4, -0.2) is 46.7 Å². The summed E-state index contributed by atoms with van der Waals surface area (Å²) in [5.74, 6) is 1.34. The van der Waals surface area contributed by atoms with E-state index in [1.165, 1.54) is 0 Å². The molecule has 1 unspecified atom stereocenters. The van der Waals surface area contributed by atoms with E-state index >= 15 is 0 Å². The van der Waals surface area contributed by atoms with Gasteiger partial charge in [-0.05, 0) is 66.6 Å². The first-order valence-corrected chi connectivity index (χ1v) is 10.1. The Morgan fingerprint density at radius 3 is 2.07 bits per heavy atom. The Kier molecular flexibility index (Phi) is 5.93. The van der Waals surface area contributed by atoms with E-state index in [1.807, 2.05) is 74.4 Å². The third-order valence-electron chi connectivity index (χ3n) is 3.97. The van der Waals surface area contributed by atoms with Gasteiger partial charge in [-0.2, -0.15) is 0 Å². The van der Waals surface area contributed by atoms with Crippen molar-refractivity contribution >= 4 is 17.1 Å². The van der Waals surface area contributed by atoms with Gasteiger partial charge in [0.05, 0.1) is 6.61 Å². The number of nitrogens with zero attached hydrogens (tertiary/aromatic N) is 4. The molecule has 0 fully saturated rings. The van der Waals surface area contributed by atoms with Crippen LogP contribution in [0.25, 0.3) is 22.5 Å². The van der Waals surface area contributed by atoms with Crippen molar-refractivity contribution in [3.8, 4) is 28.3 Å². The Hall–Kier alpha value is -2.64. The first kappa shape index (κ1) is 19.1. The van der Waals surface area contributed by atoms with Crippen molar-refractivity contribution in [1.29, 1.82) is 0 Å². The van der Waals surface area contributed by atoms with E-state index in [9.17, 15) is 4.55 Å². The summed E-state index contributed by atoms with van der Waals surface area (Å²) in [6.07, 6.45) is 1.66. The molecule has 0 spiro atoms. The number of anilines is 1. The first-order chi connectivity index (χ1) is 13.0. The lowest BCUT2D eigenvalue weighted by Gasteiger charge is -2.14. The van der Waals surface area contributed by atoms with Gasteiger partial charge in [0.25, 0.3) is 0 Å². The molecule has 27 heavy (non-hydrogen) atoms. The lowest BCUT2D eigenvalue weighted by molar-refractivity contribution is 0.340. The molecule has 1 aromatic heterocycles. The number of hydrogen-bond donors (Lipinski definition) is 0. The van der Waals surface area contributed by atoms with Crippen molar-refractivity contribution in [2.45, 2.75) is 11.8 Å². The van der Waals surface area contributed by atoms with E-state index in [-0.39, 0.29) is 0 Å². The minimum absolute atomic E-state index is 0.530. The van der Waals surface area contributed by atoms with Gasteiger partial charge in [0.15, 0.2) is 4.90 Å². The molecule has 0 bridgehead atoms. The minimum Gasteiger partial charge on any atom is -0.612 e. The Labute approximate surface area is 162 Å². The molecule has 0 saturated heterocycles. The standard InChI is InChI=1S/C20H22N4O2S/c1-5-26-16-10-6-15(7-11-16)19-18(21-20(23-22-19)24(2)3)14-8-12-17(13-9-14)27(4)25/h6-13H,5H2,1-4H3. The predicted octanol–water partition coefficient (Wildman–Crippen LogP) is 3.41. The molecule has 0 N–H and O–H groups in total. The lowest BCUT2D eigenvalue weighted by atomic mass is 10.0. The fraction of sp³-hybridized carbons (Fsp3) is 0.250. The lowest BCUT2D eigenvalue weighted by Crippen LogP contribution is -2.14. The highest BCUT2D eigenvalue weighted by Crippen LogP contribution is 2.31. The normalized spacial score (nSPS) is 11.9. The van der Waals surface area contributed by atoms with E-state index in [1.54, 1.807) is 6.26 Å². The molecule has 0 radical (unpaired) electrons. The molecule has 6 nitrogen and oxygen atoms in total. The molecule has 3 rings (SSSR count). The molecular formula is C20H22N4O2S. The minimum atomic E-state index is -1.02. The quantitative estimate of drug-likeness (QED) is 0.608. The third kappa shape index (κ3) is 4.37. The highest BCUT2D eigenvalue weighted by Gasteiger charge is 2.15. The topological polar surface area (TPSA) is 74.2 Å². The maximum atomic E-state index is 11.7. The van der Waals surface area contributed by atoms with E-state index in [0.29, 0.717) is 18.2 Å². The van der Waals surface area contributed by atoms with Crippen LogP contribution in [0.5, 0.6) is 5.75 Å². The summed E-state index contributed by atoms with van der Waals surface area (Å²) in [5, 5.41) is 8.65. The van der Waals surface area contributed by atoms with E-state index in [4.69, 9.17) is 9.72 Å². The van der Waals surface area contributed by atoms with Gasteiger partial charge >= 0.3 is 0 Å². The van der Waals surface area contributed by atoms with Crippen LogP contribution in [0, 0.1) is 0 Å². The van der Waals surface area contributed by atoms with Crippen LogP contribution in [0.1, 0.15) is 6.92 Å². The van der Waals surface area contributed by atoms with Crippen LogP contribution < -0.4 is 9.64 Å². The van der Waals surface area contributed by atoms with Gasteiger partial charge in [0.1, 0.15) is 23.4 Å². The van der Waals surface area contributed by atoms with Gasteiger partial charge < -0.3 is 14.2 Å². The highest BCUT2D eigenvalue weighted by atomic mass is 32.2. The summed E-state index contributed by atoms with van der Waals surface area (Å²) in [7, 11) is 3.75. The monoisotopic (exact) mass is 382 g/mol. The molecule has 1 atom stereocenters. The molecular weight excluding hydrogens is 360 g/mol. The molecule has 7 heteroatoms. The zero-order chi connectivity index (χ0) is 19.4. The van der Waals surface area contributed by atoms with Crippen molar-refractivity contribution < 1.29 is 9.29 Å². The molecule has 3 aromatic rings. The van der Waals surface area contributed by atoms with Crippen molar-refractivity contribution in [1.82, 2.24) is 15.2 Å². The number of rotatable bonds is 6. The second kappa shape index (κ2) is 8.37. The van der Waals surface area contributed by atoms with Gasteiger partial charge in [-0.3, -0.25) is 0 Å². The Balaban J connectivity index is 2.08. The van der Waals surface area contributed by atoms with Crippen LogP contribution in [0.3, 0.4) is 0 Å². The Morgan fingerprint density at radius 1 is 0.926 bits per heavy atom. The molecule has 140 valence electrons. The van der Waals surface area contributed by atoms with Gasteiger partial charge in [-0.1, -0.05) is 0 Å². The van der Waals surface area contributed by atoms with Crippen LogP contribution in [0.4, 0.5) is 5.95 Å². The first-order valence-electron chi connectivity index (χ1n) is 8.58. The molecule has 0 saturated carbocycles. The molecule has 1 heterocycles. The number of aromatic nitrogens is 3. The van der Waals surface area contributed by atoms with Crippen molar-refractivity contribution in [2.24, 2.45) is 0 Å². The second-order valence-electron chi connectivity index (χ2n) is 6.14. The largest absolute Gasteiger partial charge is 0.612 e. The summed E-state index contributed by atoms with van der Waals surface area (Å²) in [5.41, 5.74) is 3.22. The van der Waals surface area contributed by atoms with E-state index in [0.717, 1.165) is 27.5 Å². The molecule has 0 aliphatic rings. The van der Waals surface area contributed by atoms with Crippen LogP contribution in [0.2, 0.25) is 0 Å². The maximum Gasteiger partial charge on any atom is 0.245 e. The molecule has 0 aliphatic carbocycles. The number of hydrogen-bond acceptors (Lipinski definition) is 6. The molecule has 0 amide bonds. The summed E-state index contributed by atoms with van der Waals surface area (Å²) in [6, 6.07) is 15.3. The summed E-state index contributed by atoms with van der Waals surface area (Å²) < 4.78 is 17.2. The summed E-state index contributed by atoms with van der Waals surface area (Å²) in [4.78, 5) is 7.29. The highest BCUT2D eigenvalue weighted by molar-refractivity contribution is 7.90. The molecule has 0 aliphatic heterocycles. The zero-order valence-electron chi connectivity index (χ0n) is 15.8. The fourth-order valence-corrected chi connectivity index (χ4v) is 3.10. The Bertz CT molecular complexity index is 897. The summed E-state index contributed by atoms with van der Waals surface area (Å²) >= 11 is -1.02. The van der Waals surface area contributed by atoms with Crippen LogP contribution in [0.15, 0.2) is 53.4 Å². The van der Waals surface area contributed by atoms with Crippen molar-refractivity contribution in [3.05, 3.63) is 48.5 Å². The van der Waals surface area contributed by atoms with Crippen LogP contribution in [-0.2, 0) is 11.2 Å². The molecule has 2 aromatic carbocycles. The SMILES string of the molecule is CCOc1ccc(-c2nnc(N(C)C)nc2-c2ccc([S+](C)[O-])cc2)cc1. The Morgan fingerprint density at radius 2 is 1.52 bits per heavy atom. The van der Waals surface area contributed by atoms with Gasteiger partial charge in [-0.15, -0.1) is 10.2 Å². The smallest absolute Gasteiger partial charge is 0.245 e. The fourth-order valence-electron chi connectivity index (χ4n) is 2.58. The third-order valence-corrected chi connectivity index (χ3v) is 4.91.